The molecule has 0 unspecified atom stereocenters. The van der Waals surface area contributed by atoms with E-state index in [4.69, 9.17) is 0 Å². The third kappa shape index (κ3) is 1.82. The average Bonchev–Trinajstić information content (AvgIpc) is 2.64. The van der Waals surface area contributed by atoms with Gasteiger partial charge in [0.2, 0.25) is 0 Å². The Kier molecular flexibility index (Phi) is 2.48. The molecule has 0 spiro atoms. The lowest BCUT2D eigenvalue weighted by molar-refractivity contribution is 0.743. The average molecular weight is 234 g/mol. The summed E-state index contributed by atoms with van der Waals surface area (Å²) in [6.45, 7) is 6.70. The van der Waals surface area contributed by atoms with Crippen LogP contribution >= 0.6 is 0 Å². The zero-order valence-electron chi connectivity index (χ0n) is 11.1. The molecule has 0 fully saturated rings. The van der Waals surface area contributed by atoms with E-state index in [2.05, 4.69) is 81.2 Å². The Morgan fingerprint density at radius 2 is 1.22 bits per heavy atom. The van der Waals surface area contributed by atoms with Gasteiger partial charge in [0.1, 0.15) is 0 Å². The normalized spacial score (nSPS) is 12.2. The molecule has 0 aliphatic carbocycles. The fraction of sp³-hybridized carbons (Fsp3) is 0.250. The fourth-order valence-corrected chi connectivity index (χ4v) is 2.48. The number of fused-ring (bicyclic) bond motifs is 3. The summed E-state index contributed by atoms with van der Waals surface area (Å²) in [6, 6.07) is 17.2. The molecule has 0 bridgehead atoms. The summed E-state index contributed by atoms with van der Waals surface area (Å²) in [6.07, 6.45) is 0. The molecule has 2 aromatic carbocycles. The number of hydrogen-bond donors (Lipinski definition) is 0. The second kappa shape index (κ2) is 3.91. The first-order valence-corrected chi connectivity index (χ1v) is 6.40. The van der Waals surface area contributed by atoms with Gasteiger partial charge in [-0.05, 0) is 17.4 Å². The van der Waals surface area contributed by atoms with Crippen LogP contribution in [0.25, 0.3) is 21.8 Å². The van der Waals surface area contributed by atoms with Crippen molar-refractivity contribution in [1.82, 2.24) is 4.48 Å². The van der Waals surface area contributed by atoms with E-state index in [0.717, 1.165) is 0 Å². The largest absolute Gasteiger partial charge is 0.389 e. The first-order valence-electron chi connectivity index (χ1n) is 6.40. The number of aromatic nitrogens is 1. The summed E-state index contributed by atoms with van der Waals surface area (Å²) < 4.78 is 2.32. The molecule has 1 nitrogen and oxygen atoms in total. The van der Waals surface area contributed by atoms with Gasteiger partial charge in [-0.15, -0.1) is 0 Å². The van der Waals surface area contributed by atoms with Crippen molar-refractivity contribution in [2.75, 3.05) is 0 Å². The highest BCUT2D eigenvalue weighted by molar-refractivity contribution is 6.42. The molecule has 0 atom stereocenters. The molecule has 0 N–H and O–H groups in total. The summed E-state index contributed by atoms with van der Waals surface area (Å²) in [7, 11) is 2.30. The molecule has 3 rings (SSSR count). The Morgan fingerprint density at radius 1 is 0.778 bits per heavy atom. The van der Waals surface area contributed by atoms with E-state index in [-0.39, 0.29) is 5.31 Å². The van der Waals surface area contributed by atoms with Crippen molar-refractivity contribution in [3.05, 3.63) is 48.5 Å². The summed E-state index contributed by atoms with van der Waals surface area (Å²) in [5.74, 6) is 0. The second-order valence-electron chi connectivity index (χ2n) is 5.90. The molecule has 0 amide bonds. The predicted octanol–water partition coefficient (Wildman–Crippen LogP) is 4.48. The topological polar surface area (TPSA) is 4.93 Å². The van der Waals surface area contributed by atoms with Gasteiger partial charge < -0.3 is 4.48 Å². The molecule has 1 aromatic heterocycles. The van der Waals surface area contributed by atoms with E-state index in [1.807, 2.05) is 0 Å². The van der Waals surface area contributed by atoms with Gasteiger partial charge in [0, 0.05) is 21.8 Å². The van der Waals surface area contributed by atoms with Crippen LogP contribution in [0.3, 0.4) is 0 Å². The van der Waals surface area contributed by atoms with Gasteiger partial charge in [0.15, 0.2) is 0 Å². The maximum absolute atomic E-state index is 2.32. The van der Waals surface area contributed by atoms with Gasteiger partial charge in [-0.25, -0.2) is 0 Å². The van der Waals surface area contributed by atoms with E-state index in [0.29, 0.717) is 0 Å². The standard InChI is InChI=1S/C16H17BN/c1-16(2,3)17-18-14-10-6-4-8-12(14)13-9-5-7-11-15(13)18/h4-11H,1-3H3. The maximum Gasteiger partial charge on any atom is 0.258 e. The molecule has 89 valence electrons. The minimum absolute atomic E-state index is 0.157. The van der Waals surface area contributed by atoms with Crippen LogP contribution in [0.2, 0.25) is 5.31 Å². The smallest absolute Gasteiger partial charge is 0.258 e. The first-order chi connectivity index (χ1) is 8.56. The Labute approximate surface area is 109 Å². The van der Waals surface area contributed by atoms with Gasteiger partial charge in [0.05, 0.1) is 0 Å². The van der Waals surface area contributed by atoms with Crippen LogP contribution in [0.1, 0.15) is 20.8 Å². The molecule has 0 aliphatic rings. The summed E-state index contributed by atoms with van der Waals surface area (Å²) in [5.41, 5.74) is 2.57. The highest BCUT2D eigenvalue weighted by Crippen LogP contribution is 2.31. The van der Waals surface area contributed by atoms with Crippen LogP contribution < -0.4 is 0 Å². The monoisotopic (exact) mass is 234 g/mol. The van der Waals surface area contributed by atoms with E-state index < -0.39 is 0 Å². The molecule has 0 aliphatic heterocycles. The highest BCUT2D eigenvalue weighted by atomic mass is 14.9. The van der Waals surface area contributed by atoms with Crippen molar-refractivity contribution in [3.63, 3.8) is 0 Å². The second-order valence-corrected chi connectivity index (χ2v) is 5.90. The number of rotatable bonds is 1. The minimum atomic E-state index is 0.157. The van der Waals surface area contributed by atoms with Gasteiger partial charge in [0.25, 0.3) is 7.41 Å². The molecule has 18 heavy (non-hydrogen) atoms. The number of para-hydroxylation sites is 2. The molecule has 0 saturated heterocycles. The fourth-order valence-electron chi connectivity index (χ4n) is 2.48. The Bertz CT molecular complexity index is 651. The van der Waals surface area contributed by atoms with Gasteiger partial charge in [-0.1, -0.05) is 57.2 Å². The van der Waals surface area contributed by atoms with Crippen LogP contribution in [0.5, 0.6) is 0 Å². The lowest BCUT2D eigenvalue weighted by Crippen LogP contribution is -2.17. The Morgan fingerprint density at radius 3 is 1.67 bits per heavy atom. The zero-order valence-corrected chi connectivity index (χ0v) is 11.1. The predicted molar refractivity (Wildman–Crippen MR) is 80.3 cm³/mol. The van der Waals surface area contributed by atoms with Crippen LogP contribution in [-0.2, 0) is 0 Å². The zero-order chi connectivity index (χ0) is 12.8. The van der Waals surface area contributed by atoms with Crippen molar-refractivity contribution in [2.24, 2.45) is 0 Å². The summed E-state index contributed by atoms with van der Waals surface area (Å²) in [5, 5.41) is 2.81. The van der Waals surface area contributed by atoms with Gasteiger partial charge >= 0.3 is 0 Å². The molecular weight excluding hydrogens is 217 g/mol. The number of nitrogens with zero attached hydrogens (tertiary/aromatic N) is 1. The van der Waals surface area contributed by atoms with Crippen LogP contribution in [0.4, 0.5) is 0 Å². The van der Waals surface area contributed by atoms with Crippen molar-refractivity contribution in [2.45, 2.75) is 26.1 Å². The van der Waals surface area contributed by atoms with Crippen molar-refractivity contribution in [1.29, 1.82) is 0 Å². The molecule has 1 heterocycles. The quantitative estimate of drug-likeness (QED) is 0.547. The molecular formula is C16H17BN. The minimum Gasteiger partial charge on any atom is -0.389 e. The van der Waals surface area contributed by atoms with E-state index in [1.165, 1.54) is 21.8 Å². The number of benzene rings is 2. The van der Waals surface area contributed by atoms with E-state index in [9.17, 15) is 0 Å². The molecule has 2 heteroatoms. The Hall–Kier alpha value is -1.70. The van der Waals surface area contributed by atoms with Gasteiger partial charge in [-0.2, -0.15) is 0 Å². The van der Waals surface area contributed by atoms with Crippen LogP contribution in [0.15, 0.2) is 48.5 Å². The van der Waals surface area contributed by atoms with E-state index in [1.54, 1.807) is 0 Å². The maximum atomic E-state index is 2.32. The van der Waals surface area contributed by atoms with Crippen molar-refractivity contribution >= 4 is 29.2 Å². The van der Waals surface area contributed by atoms with Crippen molar-refractivity contribution < 1.29 is 0 Å². The molecule has 0 saturated carbocycles. The molecule has 1 radical (unpaired) electrons. The van der Waals surface area contributed by atoms with Crippen LogP contribution in [-0.4, -0.2) is 11.9 Å². The third-order valence-corrected chi connectivity index (χ3v) is 3.13. The summed E-state index contributed by atoms with van der Waals surface area (Å²) >= 11 is 0. The van der Waals surface area contributed by atoms with Gasteiger partial charge in [-0.3, -0.25) is 0 Å². The Balaban J connectivity index is 2.38. The number of hydrogen-bond acceptors (Lipinski definition) is 0. The lowest BCUT2D eigenvalue weighted by Gasteiger charge is -2.18. The lowest BCUT2D eigenvalue weighted by atomic mass is 9.64. The molecule has 3 aromatic rings. The van der Waals surface area contributed by atoms with E-state index >= 15 is 0 Å². The highest BCUT2D eigenvalue weighted by Gasteiger charge is 2.18. The summed E-state index contributed by atoms with van der Waals surface area (Å²) in [4.78, 5) is 0. The first kappa shape index (κ1) is 11.4. The van der Waals surface area contributed by atoms with Crippen LogP contribution in [0, 0.1) is 0 Å². The third-order valence-electron chi connectivity index (χ3n) is 3.13. The van der Waals surface area contributed by atoms with Crippen molar-refractivity contribution in [3.8, 4) is 0 Å². The SMILES string of the molecule is CC(C)(C)[B]n1c2ccccc2c2ccccc21.